The van der Waals surface area contributed by atoms with Crippen molar-refractivity contribution in [3.63, 3.8) is 0 Å². The number of carbonyl (C=O) groups excluding carboxylic acids is 5. The molecule has 54 heavy (non-hydrogen) atoms. The van der Waals surface area contributed by atoms with Gasteiger partial charge in [-0.15, -0.1) is 10.2 Å². The number of piperidine rings is 1. The van der Waals surface area contributed by atoms with Crippen LogP contribution >= 0.6 is 0 Å². The number of ether oxygens (including phenoxy) is 2. The van der Waals surface area contributed by atoms with Crippen molar-refractivity contribution in [2.75, 3.05) is 51.7 Å². The van der Waals surface area contributed by atoms with E-state index >= 15 is 0 Å². The van der Waals surface area contributed by atoms with Crippen LogP contribution in [0.2, 0.25) is 0 Å². The number of nitrogens with two attached hydrogens (primary N) is 1. The van der Waals surface area contributed by atoms with Crippen molar-refractivity contribution in [1.82, 2.24) is 30.2 Å². The molecule has 5 fully saturated rings. The highest BCUT2D eigenvalue weighted by atomic mass is 16.5. The van der Waals surface area contributed by atoms with Crippen LogP contribution in [0.4, 0.5) is 5.82 Å². The van der Waals surface area contributed by atoms with E-state index in [-0.39, 0.29) is 52.3 Å². The molecule has 0 spiro atoms. The Morgan fingerprint density at radius 3 is 2.41 bits per heavy atom. The van der Waals surface area contributed by atoms with Crippen molar-refractivity contribution >= 4 is 35.4 Å². The van der Waals surface area contributed by atoms with Gasteiger partial charge in [0.15, 0.2) is 11.6 Å². The second-order valence-corrected chi connectivity index (χ2v) is 15.3. The average Bonchev–Trinajstić information content (AvgIpc) is 3.37. The van der Waals surface area contributed by atoms with Crippen molar-refractivity contribution in [2.24, 2.45) is 10.8 Å². The summed E-state index contributed by atoms with van der Waals surface area (Å²) in [5.41, 5.74) is 7.20. The lowest BCUT2D eigenvalue weighted by atomic mass is 9.35. The molecule has 0 radical (unpaired) electrons. The van der Waals surface area contributed by atoms with Crippen LogP contribution in [0.15, 0.2) is 48.5 Å². The minimum atomic E-state index is -0.999. The number of aromatic hydroxyl groups is 1. The molecule has 1 aromatic heterocycles. The molecule has 2 aromatic carbocycles. The standard InChI is InChI=1S/C39H43N7O8/c40-33-31(19-28(42-43-33)26-6-2-3-7-30(26)47)54-23-38-20-39(21-38,22-38)37(52)45-15-13-44(14-16-45)12-4-1-5-17-53-24-8-9-25-27(18-24)36(51)46(35(25)50)29-10-11-32(48)41-34(29)49/h2-3,6-9,18-19,29,47H,1,4-5,10-17,20-23H2,(H2,40,43)(H,41,48,49). The molecule has 2 bridgehead atoms. The number of para-hydroxylation sites is 1. The smallest absolute Gasteiger partial charge is 0.262 e. The number of nitrogens with zero attached hydrogens (tertiary/aromatic N) is 5. The summed E-state index contributed by atoms with van der Waals surface area (Å²) in [5.74, 6) is -0.680. The largest absolute Gasteiger partial charge is 0.507 e. The molecular weight excluding hydrogens is 694 g/mol. The highest BCUT2D eigenvalue weighted by Crippen LogP contribution is 2.73. The lowest BCUT2D eigenvalue weighted by Gasteiger charge is -2.69. The van der Waals surface area contributed by atoms with E-state index in [2.05, 4.69) is 20.4 Å². The van der Waals surface area contributed by atoms with E-state index in [0.29, 0.717) is 36.0 Å². The zero-order chi connectivity index (χ0) is 37.6. The van der Waals surface area contributed by atoms with Crippen molar-refractivity contribution in [3.05, 3.63) is 59.7 Å². The molecule has 5 amide bonds. The Morgan fingerprint density at radius 2 is 1.65 bits per heavy atom. The van der Waals surface area contributed by atoms with E-state index in [4.69, 9.17) is 15.2 Å². The number of amides is 5. The number of nitrogens with one attached hydrogen (secondary N) is 1. The number of phenolic OH excluding ortho intramolecular Hbond substituents is 1. The molecule has 4 heterocycles. The Bertz CT molecular complexity index is 2010. The fourth-order valence-electron chi connectivity index (χ4n) is 8.78. The van der Waals surface area contributed by atoms with Crippen molar-refractivity contribution in [3.8, 4) is 28.5 Å². The van der Waals surface area contributed by atoms with E-state index in [1.807, 2.05) is 11.0 Å². The van der Waals surface area contributed by atoms with Crippen LogP contribution in [0.5, 0.6) is 17.2 Å². The van der Waals surface area contributed by atoms with Gasteiger partial charge in [0.25, 0.3) is 11.8 Å². The number of nitrogen functional groups attached to an aromatic ring is 1. The van der Waals surface area contributed by atoms with Crippen LogP contribution in [0.3, 0.4) is 0 Å². The van der Waals surface area contributed by atoms with E-state index in [1.54, 1.807) is 42.5 Å². The van der Waals surface area contributed by atoms with Crippen LogP contribution in [-0.4, -0.2) is 112 Å². The Labute approximate surface area is 311 Å². The first kappa shape index (κ1) is 35.5. The average molecular weight is 738 g/mol. The predicted octanol–water partition coefficient (Wildman–Crippen LogP) is 2.78. The zero-order valence-corrected chi connectivity index (χ0v) is 29.9. The number of benzene rings is 2. The van der Waals surface area contributed by atoms with Crippen molar-refractivity contribution < 1.29 is 38.6 Å². The molecule has 4 N–H and O–H groups in total. The SMILES string of the molecule is Nc1nnc(-c2ccccc2O)cc1OCC12CC(C(=O)N3CCN(CCCCCOc4ccc5c(c4)C(=O)N(C4CCC(=O)NC4=O)C5=O)CC3)(C1)C2. The maximum absolute atomic E-state index is 13.5. The van der Waals surface area contributed by atoms with Gasteiger partial charge in [-0.2, -0.15) is 0 Å². The van der Waals surface area contributed by atoms with E-state index in [1.165, 1.54) is 0 Å². The molecule has 1 unspecified atom stereocenters. The van der Waals surface area contributed by atoms with Crippen molar-refractivity contribution in [1.29, 1.82) is 0 Å². The number of hydrogen-bond donors (Lipinski definition) is 3. The molecule has 3 aliphatic carbocycles. The lowest BCUT2D eigenvalue weighted by Crippen LogP contribution is -2.70. The lowest BCUT2D eigenvalue weighted by molar-refractivity contribution is -0.226. The molecule has 15 heteroatoms. The third-order valence-electron chi connectivity index (χ3n) is 11.6. The Balaban J connectivity index is 0.722. The number of imide groups is 2. The zero-order valence-electron chi connectivity index (χ0n) is 29.9. The first-order chi connectivity index (χ1) is 26.0. The van der Waals surface area contributed by atoms with Gasteiger partial charge >= 0.3 is 0 Å². The van der Waals surface area contributed by atoms with Gasteiger partial charge in [-0.25, -0.2) is 0 Å². The molecule has 2 saturated heterocycles. The van der Waals surface area contributed by atoms with Gasteiger partial charge in [0, 0.05) is 49.6 Å². The fourth-order valence-corrected chi connectivity index (χ4v) is 8.78. The normalized spacial score (nSPS) is 24.8. The molecule has 6 aliphatic rings. The topological polar surface area (TPSA) is 198 Å². The predicted molar refractivity (Wildman–Crippen MR) is 193 cm³/mol. The van der Waals surface area contributed by atoms with Gasteiger partial charge in [0.2, 0.25) is 17.7 Å². The third kappa shape index (κ3) is 6.50. The van der Waals surface area contributed by atoms with Crippen molar-refractivity contribution in [2.45, 2.75) is 57.4 Å². The second-order valence-electron chi connectivity index (χ2n) is 15.3. The summed E-state index contributed by atoms with van der Waals surface area (Å²) in [5, 5.41) is 20.5. The summed E-state index contributed by atoms with van der Waals surface area (Å²) < 4.78 is 12.0. The van der Waals surface area contributed by atoms with Gasteiger partial charge in [-0.05, 0) is 81.8 Å². The van der Waals surface area contributed by atoms with Gasteiger partial charge < -0.3 is 25.2 Å². The second kappa shape index (κ2) is 14.0. The Hall–Kier alpha value is -5.57. The van der Waals surface area contributed by atoms with Gasteiger partial charge in [0.1, 0.15) is 23.2 Å². The Kier molecular flexibility index (Phi) is 9.20. The summed E-state index contributed by atoms with van der Waals surface area (Å²) in [7, 11) is 0. The summed E-state index contributed by atoms with van der Waals surface area (Å²) in [6.45, 7) is 4.99. The maximum atomic E-state index is 13.5. The minimum Gasteiger partial charge on any atom is -0.507 e. The molecule has 282 valence electrons. The number of carbonyl (C=O) groups is 5. The molecular formula is C39H43N7O8. The number of aromatic nitrogens is 2. The van der Waals surface area contributed by atoms with Crippen LogP contribution in [0.1, 0.15) is 72.1 Å². The minimum absolute atomic E-state index is 0.0259. The molecule has 9 rings (SSSR count). The summed E-state index contributed by atoms with van der Waals surface area (Å²) in [6, 6.07) is 12.4. The van der Waals surface area contributed by atoms with E-state index < -0.39 is 29.7 Å². The molecule has 3 saturated carbocycles. The molecule has 15 nitrogen and oxygen atoms in total. The number of unbranched alkanes of at least 4 members (excludes halogenated alkanes) is 2. The van der Waals surface area contributed by atoms with Gasteiger partial charge in [-0.1, -0.05) is 12.1 Å². The number of piperazine rings is 1. The van der Waals surface area contributed by atoms with Gasteiger partial charge in [0.05, 0.1) is 29.8 Å². The summed E-state index contributed by atoms with van der Waals surface area (Å²) in [6.07, 6.45) is 5.39. The number of phenols is 1. The molecule has 3 aliphatic heterocycles. The van der Waals surface area contributed by atoms with E-state index in [0.717, 1.165) is 76.1 Å². The quantitative estimate of drug-likeness (QED) is 0.172. The van der Waals surface area contributed by atoms with E-state index in [9.17, 15) is 29.1 Å². The number of rotatable bonds is 13. The first-order valence-corrected chi connectivity index (χ1v) is 18.6. The van der Waals surface area contributed by atoms with Crippen LogP contribution in [0.25, 0.3) is 11.3 Å². The number of anilines is 1. The number of hydrogen-bond acceptors (Lipinski definition) is 12. The van der Waals surface area contributed by atoms with Gasteiger partial charge in [-0.3, -0.25) is 39.1 Å². The maximum Gasteiger partial charge on any atom is 0.262 e. The highest BCUT2D eigenvalue weighted by Gasteiger charge is 2.72. The molecule has 1 atom stereocenters. The fraction of sp³-hybridized carbons (Fsp3) is 0.462. The third-order valence-corrected chi connectivity index (χ3v) is 11.6. The van der Waals surface area contributed by atoms with Crippen LogP contribution < -0.4 is 20.5 Å². The monoisotopic (exact) mass is 737 g/mol. The Morgan fingerprint density at radius 1 is 0.889 bits per heavy atom. The first-order valence-electron chi connectivity index (χ1n) is 18.6. The summed E-state index contributed by atoms with van der Waals surface area (Å²) >= 11 is 0. The van der Waals surface area contributed by atoms with Crippen LogP contribution in [0, 0.1) is 10.8 Å². The highest BCUT2D eigenvalue weighted by molar-refractivity contribution is 6.23. The van der Waals surface area contributed by atoms with Crippen LogP contribution in [-0.2, 0) is 14.4 Å². The molecule has 3 aromatic rings. The number of fused-ring (bicyclic) bond motifs is 1. The summed E-state index contributed by atoms with van der Waals surface area (Å²) in [4.78, 5) is 68.7.